The molecule has 1 unspecified atom stereocenters. The van der Waals surface area contributed by atoms with Gasteiger partial charge in [0, 0.05) is 11.5 Å². The lowest BCUT2D eigenvalue weighted by atomic mass is 9.98. The number of carbonyl (C=O) groups is 1. The summed E-state index contributed by atoms with van der Waals surface area (Å²) in [5.74, 6) is 1.20. The van der Waals surface area contributed by atoms with E-state index in [1.54, 1.807) is 0 Å². The van der Waals surface area contributed by atoms with Crippen LogP contribution < -0.4 is 4.74 Å². The minimum absolute atomic E-state index is 0.0398. The van der Waals surface area contributed by atoms with Gasteiger partial charge >= 0.3 is 14.6 Å². The molecule has 212 valence electrons. The van der Waals surface area contributed by atoms with Gasteiger partial charge in [0.25, 0.3) is 5.09 Å². The number of hydrogen-bond donors (Lipinski definition) is 0. The van der Waals surface area contributed by atoms with Crippen molar-refractivity contribution in [1.82, 2.24) is 0 Å². The highest BCUT2D eigenvalue weighted by atomic mass is 33.1. The first-order valence-corrected chi connectivity index (χ1v) is 16.1. The lowest BCUT2D eigenvalue weighted by Gasteiger charge is -2.15. The lowest BCUT2D eigenvalue weighted by Crippen LogP contribution is -2.14. The first-order valence-electron chi connectivity index (χ1n) is 12.5. The van der Waals surface area contributed by atoms with E-state index in [0.717, 1.165) is 34.9 Å². The Labute approximate surface area is 232 Å². The molecule has 2 aromatic carbocycles. The van der Waals surface area contributed by atoms with Gasteiger partial charge in [-0.25, -0.2) is 0 Å². The van der Waals surface area contributed by atoms with Gasteiger partial charge in [0.15, 0.2) is 0 Å². The molecule has 0 N–H and O–H groups in total. The highest BCUT2D eigenvalue weighted by Crippen LogP contribution is 2.39. The van der Waals surface area contributed by atoms with E-state index in [-0.39, 0.29) is 19.2 Å². The quantitative estimate of drug-likeness (QED) is 0.0394. The van der Waals surface area contributed by atoms with Gasteiger partial charge in [-0.1, -0.05) is 45.9 Å². The van der Waals surface area contributed by atoms with Crippen LogP contribution in [0.5, 0.6) is 5.75 Å². The van der Waals surface area contributed by atoms with E-state index in [1.807, 2.05) is 57.2 Å². The Morgan fingerprint density at radius 2 is 1.58 bits per heavy atom. The van der Waals surface area contributed by atoms with Crippen LogP contribution in [-0.2, 0) is 27.9 Å². The smallest absolute Gasteiger partial charge is 0.332 e. The fourth-order valence-corrected chi connectivity index (χ4v) is 5.73. The SMILES string of the molecule is CCOP(OCC)OCCCCOc1ccc2cc(C(C)C(=O)OCCSSCCO[N+](=O)[O-])ccc2c1. The summed E-state index contributed by atoms with van der Waals surface area (Å²) in [5, 5.41) is 11.3. The maximum Gasteiger partial charge on any atom is 0.332 e. The average molecular weight is 590 g/mol. The molecular weight excluding hydrogens is 553 g/mol. The van der Waals surface area contributed by atoms with Crippen LogP contribution in [0.25, 0.3) is 10.8 Å². The second-order valence-electron chi connectivity index (χ2n) is 7.81. The molecule has 38 heavy (non-hydrogen) atoms. The third-order valence-electron chi connectivity index (χ3n) is 5.02. The normalized spacial score (nSPS) is 12.0. The van der Waals surface area contributed by atoms with Crippen molar-refractivity contribution < 1.29 is 37.8 Å². The number of hydrogen-bond acceptors (Lipinski definition) is 11. The minimum Gasteiger partial charge on any atom is -0.494 e. The number of benzene rings is 2. The van der Waals surface area contributed by atoms with E-state index >= 15 is 0 Å². The van der Waals surface area contributed by atoms with Crippen molar-refractivity contribution in [1.29, 1.82) is 0 Å². The largest absolute Gasteiger partial charge is 0.494 e. The molecule has 0 bridgehead atoms. The molecule has 1 atom stereocenters. The summed E-state index contributed by atoms with van der Waals surface area (Å²) in [6.07, 6.45) is 1.70. The average Bonchev–Trinajstić information content (AvgIpc) is 2.91. The molecule has 0 aliphatic carbocycles. The fourth-order valence-electron chi connectivity index (χ4n) is 3.16. The summed E-state index contributed by atoms with van der Waals surface area (Å²) in [5.41, 5.74) is 0.884. The van der Waals surface area contributed by atoms with Gasteiger partial charge in [0.05, 0.1) is 32.3 Å². The number of unbranched alkanes of at least 4 members (excludes halogenated alkanes) is 1. The molecule has 0 saturated heterocycles. The molecule has 2 rings (SSSR count). The van der Waals surface area contributed by atoms with Gasteiger partial charge in [0.2, 0.25) is 0 Å². The van der Waals surface area contributed by atoms with Crippen LogP contribution in [0.15, 0.2) is 36.4 Å². The summed E-state index contributed by atoms with van der Waals surface area (Å²) in [6, 6.07) is 11.8. The van der Waals surface area contributed by atoms with E-state index < -0.39 is 19.6 Å². The van der Waals surface area contributed by atoms with Crippen LogP contribution in [0.4, 0.5) is 0 Å². The van der Waals surface area contributed by atoms with Crippen molar-refractivity contribution in [3.8, 4) is 5.75 Å². The van der Waals surface area contributed by atoms with Crippen molar-refractivity contribution >= 4 is 46.9 Å². The lowest BCUT2D eigenvalue weighted by molar-refractivity contribution is -0.756. The maximum atomic E-state index is 12.5. The third kappa shape index (κ3) is 12.8. The minimum atomic E-state index is -1.26. The number of esters is 1. The van der Waals surface area contributed by atoms with Crippen LogP contribution in [-0.4, -0.2) is 62.2 Å². The highest BCUT2D eigenvalue weighted by Gasteiger charge is 2.17. The molecule has 0 amide bonds. The summed E-state index contributed by atoms with van der Waals surface area (Å²) in [4.78, 5) is 26.8. The van der Waals surface area contributed by atoms with E-state index in [2.05, 4.69) is 4.84 Å². The zero-order valence-electron chi connectivity index (χ0n) is 22.0. The maximum absolute atomic E-state index is 12.5. The molecule has 0 heterocycles. The Balaban J connectivity index is 1.70. The number of ether oxygens (including phenoxy) is 2. The van der Waals surface area contributed by atoms with E-state index in [1.165, 1.54) is 21.6 Å². The molecule has 0 saturated carbocycles. The van der Waals surface area contributed by atoms with Crippen LogP contribution in [0.3, 0.4) is 0 Å². The summed E-state index contributed by atoms with van der Waals surface area (Å²) < 4.78 is 27.8. The molecule has 0 aliphatic heterocycles. The molecule has 0 radical (unpaired) electrons. The molecule has 10 nitrogen and oxygen atoms in total. The number of fused-ring (bicyclic) bond motifs is 1. The Morgan fingerprint density at radius 1 is 0.921 bits per heavy atom. The van der Waals surface area contributed by atoms with Crippen LogP contribution in [0.2, 0.25) is 0 Å². The zero-order chi connectivity index (χ0) is 27.6. The van der Waals surface area contributed by atoms with Crippen molar-refractivity contribution in [3.05, 3.63) is 52.1 Å². The van der Waals surface area contributed by atoms with Crippen molar-refractivity contribution in [2.75, 3.05) is 51.1 Å². The van der Waals surface area contributed by atoms with Gasteiger partial charge < -0.3 is 27.9 Å². The zero-order valence-corrected chi connectivity index (χ0v) is 24.5. The first kappa shape index (κ1) is 32.4. The summed E-state index contributed by atoms with van der Waals surface area (Å²) >= 11 is 0. The molecule has 0 fully saturated rings. The molecular formula is C25H36NO9PS2. The predicted octanol–water partition coefficient (Wildman–Crippen LogP) is 6.55. The monoisotopic (exact) mass is 589 g/mol. The van der Waals surface area contributed by atoms with E-state index in [4.69, 9.17) is 23.0 Å². The topological polar surface area (TPSA) is 116 Å². The second kappa shape index (κ2) is 19.3. The second-order valence-corrected chi connectivity index (χ2v) is 11.7. The van der Waals surface area contributed by atoms with Crippen LogP contribution >= 0.6 is 30.2 Å². The van der Waals surface area contributed by atoms with Gasteiger partial charge in [-0.15, -0.1) is 10.1 Å². The molecule has 0 aromatic heterocycles. The van der Waals surface area contributed by atoms with Crippen molar-refractivity contribution in [3.63, 3.8) is 0 Å². The Kier molecular flexibility index (Phi) is 16.4. The highest BCUT2D eigenvalue weighted by molar-refractivity contribution is 8.76. The molecule has 13 heteroatoms. The van der Waals surface area contributed by atoms with Crippen LogP contribution in [0.1, 0.15) is 45.1 Å². The standard InChI is InChI=1S/C25H36NO9PS2/c1-4-33-36(34-5-2)35-13-7-6-12-30-24-11-10-22-18-21(8-9-23(22)19-24)20(3)25(27)31-14-16-37-38-17-15-32-26(28)29/h8-11,18-20H,4-7,12-17H2,1-3H3. The van der Waals surface area contributed by atoms with Crippen molar-refractivity contribution in [2.45, 2.75) is 39.5 Å². The Morgan fingerprint density at radius 3 is 2.29 bits per heavy atom. The summed E-state index contributed by atoms with van der Waals surface area (Å²) in [6.45, 7) is 8.25. The number of carbonyl (C=O) groups excluding carboxylic acids is 1. The predicted molar refractivity (Wildman–Crippen MR) is 152 cm³/mol. The third-order valence-corrected chi connectivity index (χ3v) is 8.68. The molecule has 0 aliphatic rings. The number of rotatable bonds is 21. The van der Waals surface area contributed by atoms with Gasteiger partial charge in [-0.05, 0) is 62.1 Å². The fraction of sp³-hybridized carbons (Fsp3) is 0.560. The van der Waals surface area contributed by atoms with Crippen LogP contribution in [0, 0.1) is 10.1 Å². The van der Waals surface area contributed by atoms with E-state index in [9.17, 15) is 14.9 Å². The Bertz CT molecular complexity index is 979. The van der Waals surface area contributed by atoms with Gasteiger partial charge in [-0.3, -0.25) is 4.79 Å². The summed E-state index contributed by atoms with van der Waals surface area (Å²) in [7, 11) is 1.66. The van der Waals surface area contributed by atoms with Gasteiger partial charge in [0.1, 0.15) is 19.0 Å². The molecule has 2 aromatic rings. The Hall–Kier alpha value is -1.82. The number of nitrogens with zero attached hydrogens (tertiary/aromatic N) is 1. The van der Waals surface area contributed by atoms with E-state index in [0.29, 0.717) is 37.9 Å². The van der Waals surface area contributed by atoms with Gasteiger partial charge in [-0.2, -0.15) is 0 Å². The first-order chi connectivity index (χ1) is 18.4. The van der Waals surface area contributed by atoms with Crippen molar-refractivity contribution in [2.24, 2.45) is 0 Å². The molecule has 0 spiro atoms.